The Morgan fingerprint density at radius 3 is 2.70 bits per heavy atom. The lowest BCUT2D eigenvalue weighted by Crippen LogP contribution is -2.11. The molecule has 1 aromatic carbocycles. The van der Waals surface area contributed by atoms with Gasteiger partial charge in [0.2, 0.25) is 5.91 Å². The number of hydrogen-bond donors (Lipinski definition) is 2. The van der Waals surface area contributed by atoms with Crippen LogP contribution in [-0.2, 0) is 16.0 Å². The first kappa shape index (κ1) is 14.0. The molecule has 0 saturated heterocycles. The van der Waals surface area contributed by atoms with Gasteiger partial charge in [-0.2, -0.15) is 0 Å². The highest BCUT2D eigenvalue weighted by Crippen LogP contribution is 2.16. The molecule has 20 heavy (non-hydrogen) atoms. The lowest BCUT2D eigenvalue weighted by Gasteiger charge is -2.07. The van der Waals surface area contributed by atoms with Crippen molar-refractivity contribution in [3.63, 3.8) is 0 Å². The average Bonchev–Trinajstić information content (AvgIpc) is 2.91. The Morgan fingerprint density at radius 2 is 2.00 bits per heavy atom. The van der Waals surface area contributed by atoms with Gasteiger partial charge in [0.05, 0.1) is 6.42 Å². The molecule has 0 saturated carbocycles. The summed E-state index contributed by atoms with van der Waals surface area (Å²) < 4.78 is 0. The minimum Gasteiger partial charge on any atom is -0.481 e. The summed E-state index contributed by atoms with van der Waals surface area (Å²) in [5.41, 5.74) is 1.11. The molecule has 2 N–H and O–H groups in total. The molecular weight excluding hydrogens is 274 g/mol. The van der Waals surface area contributed by atoms with E-state index in [-0.39, 0.29) is 12.3 Å². The molecule has 0 radical (unpaired) electrons. The van der Waals surface area contributed by atoms with Crippen LogP contribution in [0.1, 0.15) is 10.4 Å². The molecule has 1 amide bonds. The normalized spacial score (nSPS) is 10.6. The zero-order valence-electron chi connectivity index (χ0n) is 10.6. The quantitative estimate of drug-likeness (QED) is 0.831. The molecule has 2 aromatic rings. The zero-order valence-corrected chi connectivity index (χ0v) is 11.4. The van der Waals surface area contributed by atoms with Crippen molar-refractivity contribution in [2.24, 2.45) is 0 Å². The maximum Gasteiger partial charge on any atom is 0.307 e. The van der Waals surface area contributed by atoms with Crippen LogP contribution in [0.3, 0.4) is 0 Å². The number of para-hydroxylation sites is 1. The molecule has 0 spiro atoms. The maximum absolute atomic E-state index is 11.8. The van der Waals surface area contributed by atoms with Crippen LogP contribution in [0, 0.1) is 0 Å². The summed E-state index contributed by atoms with van der Waals surface area (Å²) in [6.07, 6.45) is 3.04. The summed E-state index contributed by atoms with van der Waals surface area (Å²) in [4.78, 5) is 23.6. The fourth-order valence-corrected chi connectivity index (χ4v) is 2.30. The van der Waals surface area contributed by atoms with E-state index in [9.17, 15) is 9.59 Å². The second-order valence-corrected chi connectivity index (χ2v) is 5.04. The molecule has 0 aliphatic carbocycles. The van der Waals surface area contributed by atoms with E-state index in [0.29, 0.717) is 11.3 Å². The predicted octanol–water partition coefficient (Wildman–Crippen LogP) is 3.03. The number of rotatable bonds is 5. The Bertz CT molecular complexity index is 632. The first-order chi connectivity index (χ1) is 9.65. The van der Waals surface area contributed by atoms with Crippen LogP contribution in [0.2, 0.25) is 0 Å². The number of nitrogens with one attached hydrogen (secondary N) is 1. The summed E-state index contributed by atoms with van der Waals surface area (Å²) in [6, 6.07) is 10.7. The highest BCUT2D eigenvalue weighted by molar-refractivity contribution is 7.10. The number of aliphatic carboxylic acids is 1. The van der Waals surface area contributed by atoms with Gasteiger partial charge in [-0.05, 0) is 29.2 Å². The first-order valence-corrected chi connectivity index (χ1v) is 6.85. The molecule has 0 bridgehead atoms. The van der Waals surface area contributed by atoms with Crippen LogP contribution in [0.4, 0.5) is 5.69 Å². The second kappa shape index (κ2) is 6.68. The van der Waals surface area contributed by atoms with E-state index in [4.69, 9.17) is 5.11 Å². The number of hydrogen-bond acceptors (Lipinski definition) is 3. The topological polar surface area (TPSA) is 66.4 Å². The molecule has 4 nitrogen and oxygen atoms in total. The molecule has 1 heterocycles. The third-order valence-electron chi connectivity index (χ3n) is 2.56. The number of carbonyl (C=O) groups is 2. The number of carboxylic acid groups (broad SMARTS) is 1. The van der Waals surface area contributed by atoms with Crippen LogP contribution in [0.15, 0.2) is 47.9 Å². The smallest absolute Gasteiger partial charge is 0.307 e. The zero-order chi connectivity index (χ0) is 14.4. The summed E-state index contributed by atoms with van der Waals surface area (Å²) in [5, 5.41) is 13.5. The lowest BCUT2D eigenvalue weighted by molar-refractivity contribution is -0.136. The third kappa shape index (κ3) is 4.07. The number of carboxylic acids is 1. The van der Waals surface area contributed by atoms with Crippen molar-refractivity contribution in [1.29, 1.82) is 0 Å². The van der Waals surface area contributed by atoms with E-state index in [0.717, 1.165) is 4.88 Å². The number of amides is 1. The van der Waals surface area contributed by atoms with Gasteiger partial charge >= 0.3 is 5.97 Å². The van der Waals surface area contributed by atoms with Gasteiger partial charge in [0, 0.05) is 16.6 Å². The van der Waals surface area contributed by atoms with Gasteiger partial charge in [-0.15, -0.1) is 11.3 Å². The van der Waals surface area contributed by atoms with Crippen LogP contribution in [0.25, 0.3) is 6.08 Å². The van der Waals surface area contributed by atoms with Crippen LogP contribution >= 0.6 is 11.3 Å². The molecule has 0 aliphatic rings. The molecule has 0 fully saturated rings. The van der Waals surface area contributed by atoms with Gasteiger partial charge in [0.15, 0.2) is 0 Å². The summed E-state index contributed by atoms with van der Waals surface area (Å²) in [5.74, 6) is -1.21. The van der Waals surface area contributed by atoms with Gasteiger partial charge in [0.1, 0.15) is 0 Å². The third-order valence-corrected chi connectivity index (χ3v) is 3.40. The fraction of sp³-hybridized carbons (Fsp3) is 0.0667. The van der Waals surface area contributed by atoms with Gasteiger partial charge in [-0.25, -0.2) is 0 Å². The Balaban J connectivity index is 2.06. The van der Waals surface area contributed by atoms with Gasteiger partial charge < -0.3 is 10.4 Å². The highest BCUT2D eigenvalue weighted by Gasteiger charge is 2.07. The predicted molar refractivity (Wildman–Crippen MR) is 79.8 cm³/mol. The van der Waals surface area contributed by atoms with Crippen LogP contribution in [0.5, 0.6) is 0 Å². The van der Waals surface area contributed by atoms with Gasteiger partial charge in [-0.1, -0.05) is 24.3 Å². The van der Waals surface area contributed by atoms with E-state index in [1.807, 2.05) is 17.5 Å². The Morgan fingerprint density at radius 1 is 1.20 bits per heavy atom. The van der Waals surface area contributed by atoms with Crippen molar-refractivity contribution in [3.05, 3.63) is 58.3 Å². The van der Waals surface area contributed by atoms with Crippen molar-refractivity contribution in [2.75, 3.05) is 5.32 Å². The van der Waals surface area contributed by atoms with E-state index >= 15 is 0 Å². The SMILES string of the molecule is O=C(O)Cc1ccccc1NC(=O)C=Cc1cccs1. The fourth-order valence-electron chi connectivity index (χ4n) is 1.68. The Hall–Kier alpha value is -2.40. The second-order valence-electron chi connectivity index (χ2n) is 4.07. The van der Waals surface area contributed by atoms with E-state index in [1.165, 1.54) is 17.4 Å². The van der Waals surface area contributed by atoms with Crippen LogP contribution < -0.4 is 5.32 Å². The molecule has 102 valence electrons. The molecule has 0 aliphatic heterocycles. The molecule has 0 unspecified atom stereocenters. The minimum atomic E-state index is -0.930. The van der Waals surface area contributed by atoms with E-state index < -0.39 is 5.97 Å². The molecular formula is C15H13NO3S. The average molecular weight is 287 g/mol. The number of benzene rings is 1. The van der Waals surface area contributed by atoms with Gasteiger partial charge in [0.25, 0.3) is 0 Å². The first-order valence-electron chi connectivity index (χ1n) is 5.97. The largest absolute Gasteiger partial charge is 0.481 e. The van der Waals surface area contributed by atoms with Crippen molar-refractivity contribution < 1.29 is 14.7 Å². The van der Waals surface area contributed by atoms with Crippen molar-refractivity contribution in [3.8, 4) is 0 Å². The van der Waals surface area contributed by atoms with Crippen molar-refractivity contribution >= 4 is 35.0 Å². The highest BCUT2D eigenvalue weighted by atomic mass is 32.1. The maximum atomic E-state index is 11.8. The van der Waals surface area contributed by atoms with E-state index in [2.05, 4.69) is 5.32 Å². The molecule has 1 aromatic heterocycles. The standard InChI is InChI=1S/C15H13NO3S/c17-14(8-7-12-5-3-9-20-12)16-13-6-2-1-4-11(13)10-15(18)19/h1-9H,10H2,(H,16,17)(H,18,19). The lowest BCUT2D eigenvalue weighted by atomic mass is 10.1. The molecule has 0 atom stereocenters. The summed E-state index contributed by atoms with van der Waals surface area (Å²) in [7, 11) is 0. The number of anilines is 1. The van der Waals surface area contributed by atoms with E-state index in [1.54, 1.807) is 30.3 Å². The molecule has 5 heteroatoms. The minimum absolute atomic E-state index is 0.120. The monoisotopic (exact) mass is 287 g/mol. The molecule has 2 rings (SSSR count). The van der Waals surface area contributed by atoms with Crippen LogP contribution in [-0.4, -0.2) is 17.0 Å². The number of thiophene rings is 1. The number of carbonyl (C=O) groups excluding carboxylic acids is 1. The Labute approximate surface area is 120 Å². The Kier molecular flexibility index (Phi) is 4.68. The summed E-state index contributed by atoms with van der Waals surface area (Å²) in [6.45, 7) is 0. The van der Waals surface area contributed by atoms with Gasteiger partial charge in [-0.3, -0.25) is 9.59 Å². The van der Waals surface area contributed by atoms with Crippen molar-refractivity contribution in [2.45, 2.75) is 6.42 Å². The van der Waals surface area contributed by atoms with Crippen molar-refractivity contribution in [1.82, 2.24) is 0 Å². The summed E-state index contributed by atoms with van der Waals surface area (Å²) >= 11 is 1.54.